The van der Waals surface area contributed by atoms with Crippen LogP contribution in [0, 0.1) is 0 Å². The normalized spacial score (nSPS) is 12.9. The van der Waals surface area contributed by atoms with E-state index in [4.69, 9.17) is 5.11 Å². The smallest absolute Gasteiger partial charge is 0.322 e. The van der Waals surface area contributed by atoms with Crippen LogP contribution in [-0.2, 0) is 4.79 Å². The molecular formula is C6H13NO2S2. The minimum absolute atomic E-state index is 0.533. The van der Waals surface area contributed by atoms with Gasteiger partial charge in [0.05, 0.1) is 0 Å². The number of carboxylic acids is 1. The van der Waals surface area contributed by atoms with Crippen molar-refractivity contribution in [3.63, 3.8) is 0 Å². The lowest BCUT2D eigenvalue weighted by Gasteiger charge is -2.08. The van der Waals surface area contributed by atoms with E-state index in [2.05, 4.69) is 24.5 Å². The molecule has 0 bridgehead atoms. The summed E-state index contributed by atoms with van der Waals surface area (Å²) < 4.78 is 2.43. The molecule has 1 atom stereocenters. The topological polar surface area (TPSA) is 49.3 Å². The standard InChI is InChI=1S/C6H13NO2S2/c1-2-3-11-4-5(7-10)6(8)9/h5,7,10H,2-4H2,1H3,(H,8,9). The number of hydrogen-bond donors (Lipinski definition) is 3. The maximum atomic E-state index is 10.4. The molecule has 0 aliphatic carbocycles. The Labute approximate surface area is 76.5 Å². The molecule has 0 aliphatic heterocycles. The fraction of sp³-hybridized carbons (Fsp3) is 0.833. The van der Waals surface area contributed by atoms with E-state index in [-0.39, 0.29) is 0 Å². The summed E-state index contributed by atoms with van der Waals surface area (Å²) in [4.78, 5) is 10.4. The SMILES string of the molecule is CCCSCC(NS)C(=O)O. The fourth-order valence-electron chi connectivity index (χ4n) is 0.509. The molecule has 11 heavy (non-hydrogen) atoms. The molecular weight excluding hydrogens is 182 g/mol. The van der Waals surface area contributed by atoms with Gasteiger partial charge in [0.25, 0.3) is 0 Å². The van der Waals surface area contributed by atoms with Crippen LogP contribution in [0.15, 0.2) is 0 Å². The van der Waals surface area contributed by atoms with E-state index in [9.17, 15) is 4.79 Å². The number of carbonyl (C=O) groups is 1. The Morgan fingerprint density at radius 1 is 1.82 bits per heavy atom. The molecule has 0 rings (SSSR count). The first-order valence-corrected chi connectivity index (χ1v) is 5.02. The van der Waals surface area contributed by atoms with Crippen LogP contribution in [0.3, 0.4) is 0 Å². The van der Waals surface area contributed by atoms with E-state index in [1.807, 2.05) is 0 Å². The van der Waals surface area contributed by atoms with E-state index in [1.165, 1.54) is 0 Å². The zero-order valence-corrected chi connectivity index (χ0v) is 8.12. The highest BCUT2D eigenvalue weighted by Crippen LogP contribution is 2.04. The van der Waals surface area contributed by atoms with Gasteiger partial charge in [-0.1, -0.05) is 19.7 Å². The highest BCUT2D eigenvalue weighted by molar-refractivity contribution is 7.99. The van der Waals surface area contributed by atoms with Gasteiger partial charge in [-0.25, -0.2) is 0 Å². The minimum Gasteiger partial charge on any atom is -0.480 e. The Bertz CT molecular complexity index is 121. The number of carboxylic acid groups (broad SMARTS) is 1. The van der Waals surface area contributed by atoms with Crippen molar-refractivity contribution >= 4 is 30.5 Å². The summed E-state index contributed by atoms with van der Waals surface area (Å²) in [5, 5.41) is 8.55. The quantitative estimate of drug-likeness (QED) is 0.437. The summed E-state index contributed by atoms with van der Waals surface area (Å²) in [6.07, 6.45) is 1.07. The van der Waals surface area contributed by atoms with Crippen LogP contribution in [0.2, 0.25) is 0 Å². The number of hydrogen-bond acceptors (Lipinski definition) is 4. The molecule has 0 amide bonds. The van der Waals surface area contributed by atoms with E-state index in [0.717, 1.165) is 12.2 Å². The first kappa shape index (κ1) is 11.1. The zero-order chi connectivity index (χ0) is 8.69. The third-order valence-electron chi connectivity index (χ3n) is 1.09. The molecule has 0 aromatic heterocycles. The van der Waals surface area contributed by atoms with Crippen molar-refractivity contribution in [1.29, 1.82) is 0 Å². The number of thiol groups is 1. The van der Waals surface area contributed by atoms with Crippen molar-refractivity contribution in [2.45, 2.75) is 19.4 Å². The van der Waals surface area contributed by atoms with Crippen LogP contribution >= 0.6 is 24.6 Å². The summed E-state index contributed by atoms with van der Waals surface area (Å²) in [6, 6.07) is -0.533. The molecule has 0 saturated heterocycles. The second-order valence-corrected chi connectivity index (χ2v) is 3.50. The third-order valence-corrected chi connectivity index (χ3v) is 2.66. The Morgan fingerprint density at radius 3 is 2.82 bits per heavy atom. The first-order chi connectivity index (χ1) is 5.22. The largest absolute Gasteiger partial charge is 0.480 e. The molecule has 0 heterocycles. The van der Waals surface area contributed by atoms with Crippen molar-refractivity contribution in [2.24, 2.45) is 0 Å². The predicted molar refractivity (Wildman–Crippen MR) is 51.2 cm³/mol. The van der Waals surface area contributed by atoms with E-state index in [0.29, 0.717) is 5.75 Å². The average molecular weight is 195 g/mol. The van der Waals surface area contributed by atoms with Gasteiger partial charge in [-0.3, -0.25) is 9.52 Å². The Hall–Kier alpha value is 0.130. The van der Waals surface area contributed by atoms with Crippen molar-refractivity contribution < 1.29 is 9.90 Å². The predicted octanol–water partition coefficient (Wildman–Crippen LogP) is 1.02. The van der Waals surface area contributed by atoms with Crippen molar-refractivity contribution in [2.75, 3.05) is 11.5 Å². The lowest BCUT2D eigenvalue weighted by Crippen LogP contribution is -2.33. The van der Waals surface area contributed by atoms with Crippen LogP contribution in [0.1, 0.15) is 13.3 Å². The maximum absolute atomic E-state index is 10.4. The molecule has 66 valence electrons. The Morgan fingerprint density at radius 2 is 2.45 bits per heavy atom. The van der Waals surface area contributed by atoms with Crippen LogP contribution < -0.4 is 4.72 Å². The number of rotatable bonds is 6. The second kappa shape index (κ2) is 6.82. The zero-order valence-electron chi connectivity index (χ0n) is 6.41. The van der Waals surface area contributed by atoms with Gasteiger partial charge in [0.1, 0.15) is 6.04 Å². The molecule has 5 heteroatoms. The molecule has 0 fully saturated rings. The van der Waals surface area contributed by atoms with Crippen molar-refractivity contribution in [1.82, 2.24) is 4.72 Å². The number of nitrogens with one attached hydrogen (secondary N) is 1. The van der Waals surface area contributed by atoms with Gasteiger partial charge in [-0.05, 0) is 12.2 Å². The summed E-state index contributed by atoms with van der Waals surface area (Å²) in [6.45, 7) is 2.07. The van der Waals surface area contributed by atoms with Gasteiger partial charge >= 0.3 is 5.97 Å². The first-order valence-electron chi connectivity index (χ1n) is 3.42. The van der Waals surface area contributed by atoms with Crippen LogP contribution in [0.5, 0.6) is 0 Å². The van der Waals surface area contributed by atoms with Crippen LogP contribution in [-0.4, -0.2) is 28.6 Å². The van der Waals surface area contributed by atoms with Gasteiger partial charge in [0, 0.05) is 5.75 Å². The maximum Gasteiger partial charge on any atom is 0.322 e. The summed E-state index contributed by atoms with van der Waals surface area (Å²) >= 11 is 5.33. The van der Waals surface area contributed by atoms with Crippen molar-refractivity contribution in [3.8, 4) is 0 Å². The van der Waals surface area contributed by atoms with Crippen LogP contribution in [0.25, 0.3) is 0 Å². The highest BCUT2D eigenvalue weighted by Gasteiger charge is 2.13. The number of thioether (sulfide) groups is 1. The monoisotopic (exact) mass is 195 g/mol. The fourth-order valence-corrected chi connectivity index (χ4v) is 1.75. The van der Waals surface area contributed by atoms with Crippen LogP contribution in [0.4, 0.5) is 0 Å². The van der Waals surface area contributed by atoms with Gasteiger partial charge in [0.2, 0.25) is 0 Å². The van der Waals surface area contributed by atoms with Gasteiger partial charge in [-0.2, -0.15) is 11.8 Å². The lowest BCUT2D eigenvalue weighted by molar-refractivity contribution is -0.138. The molecule has 0 aromatic rings. The Balaban J connectivity index is 3.44. The summed E-state index contributed by atoms with van der Waals surface area (Å²) in [5.41, 5.74) is 0. The van der Waals surface area contributed by atoms with E-state index < -0.39 is 12.0 Å². The minimum atomic E-state index is -0.844. The Kier molecular flexibility index (Phi) is 6.90. The molecule has 1 unspecified atom stereocenters. The lowest BCUT2D eigenvalue weighted by atomic mass is 10.4. The molecule has 0 spiro atoms. The molecule has 3 nitrogen and oxygen atoms in total. The third kappa shape index (κ3) is 5.41. The molecule has 2 N–H and O–H groups in total. The van der Waals surface area contributed by atoms with E-state index in [1.54, 1.807) is 11.8 Å². The summed E-state index contributed by atoms with van der Waals surface area (Å²) in [7, 11) is 0. The van der Waals surface area contributed by atoms with Gasteiger partial charge in [0.15, 0.2) is 0 Å². The number of aliphatic carboxylic acids is 1. The van der Waals surface area contributed by atoms with E-state index >= 15 is 0 Å². The molecule has 0 saturated carbocycles. The molecule has 0 aliphatic rings. The average Bonchev–Trinajstić information content (AvgIpc) is 1.97. The highest BCUT2D eigenvalue weighted by atomic mass is 32.2. The van der Waals surface area contributed by atoms with Crippen molar-refractivity contribution in [3.05, 3.63) is 0 Å². The summed E-state index contributed by atoms with van der Waals surface area (Å²) in [5.74, 6) is 0.731. The van der Waals surface area contributed by atoms with Gasteiger partial charge < -0.3 is 5.11 Å². The molecule has 0 radical (unpaired) electrons. The van der Waals surface area contributed by atoms with Gasteiger partial charge in [-0.15, -0.1) is 0 Å². The molecule has 0 aromatic carbocycles. The second-order valence-electron chi connectivity index (χ2n) is 2.09.